The lowest BCUT2D eigenvalue weighted by Gasteiger charge is -2.58. The van der Waals surface area contributed by atoms with Gasteiger partial charge in [-0.05, 0) is 67.2 Å². The molecule has 0 aliphatic carbocycles. The lowest BCUT2D eigenvalue weighted by Crippen LogP contribution is -2.68. The molecule has 0 amide bonds. The van der Waals surface area contributed by atoms with E-state index in [0.29, 0.717) is 29.8 Å². The van der Waals surface area contributed by atoms with Gasteiger partial charge in [-0.15, -0.1) is 0 Å². The molecule has 3 aliphatic rings. The standard InChI is InChI=1S/C34H45N3O2/c1-5-36(6-2)23-28-24-37-20-19-30(28)33(35-22-27-21-29(38-3)17-18-31(27)39-4)34(37)32(25-13-9-7-10-14-25)26-15-11-8-12-16-26/h7-18,21,28,30,32-35H,5-6,19-20,22-24H2,1-4H3/t28-,30-,33+,34-/m0/s1. The first kappa shape index (κ1) is 27.7. The molecule has 5 nitrogen and oxygen atoms in total. The molecule has 3 saturated heterocycles. The number of benzene rings is 3. The van der Waals surface area contributed by atoms with Gasteiger partial charge in [0.15, 0.2) is 0 Å². The third kappa shape index (κ3) is 6.01. The van der Waals surface area contributed by atoms with Crippen molar-refractivity contribution < 1.29 is 9.47 Å². The normalized spacial score (nSPS) is 24.3. The Hall–Kier alpha value is -2.86. The molecule has 5 heteroatoms. The number of nitrogens with zero attached hydrogens (tertiary/aromatic N) is 2. The van der Waals surface area contributed by atoms with E-state index in [-0.39, 0.29) is 0 Å². The molecule has 2 bridgehead atoms. The minimum atomic E-state index is 0.300. The highest BCUT2D eigenvalue weighted by Gasteiger charge is 2.50. The van der Waals surface area contributed by atoms with Crippen LogP contribution in [0.5, 0.6) is 11.5 Å². The second kappa shape index (κ2) is 13.0. The third-order valence-corrected chi connectivity index (χ3v) is 9.14. The van der Waals surface area contributed by atoms with Crippen LogP contribution in [0.1, 0.15) is 42.9 Å². The molecule has 3 fully saturated rings. The maximum Gasteiger partial charge on any atom is 0.123 e. The Balaban J connectivity index is 1.52. The van der Waals surface area contributed by atoms with Gasteiger partial charge in [0.2, 0.25) is 0 Å². The van der Waals surface area contributed by atoms with Crippen LogP contribution in [0.25, 0.3) is 0 Å². The van der Waals surface area contributed by atoms with Crippen molar-refractivity contribution in [1.82, 2.24) is 15.1 Å². The summed E-state index contributed by atoms with van der Waals surface area (Å²) >= 11 is 0. The highest BCUT2D eigenvalue weighted by atomic mass is 16.5. The zero-order valence-corrected chi connectivity index (χ0v) is 24.1. The molecule has 3 heterocycles. The van der Waals surface area contributed by atoms with E-state index >= 15 is 0 Å². The lowest BCUT2D eigenvalue weighted by molar-refractivity contribution is -0.0464. The number of piperidine rings is 3. The predicted octanol–water partition coefficient (Wildman–Crippen LogP) is 5.66. The first-order chi connectivity index (χ1) is 19.2. The minimum absolute atomic E-state index is 0.300. The summed E-state index contributed by atoms with van der Waals surface area (Å²) in [6.45, 7) is 11.1. The van der Waals surface area contributed by atoms with Crippen LogP contribution in [-0.2, 0) is 6.54 Å². The summed E-state index contributed by atoms with van der Waals surface area (Å²) in [6, 6.07) is 29.1. The Bertz CT molecular complexity index is 1130. The first-order valence-corrected chi connectivity index (χ1v) is 14.7. The number of fused-ring (bicyclic) bond motifs is 3. The topological polar surface area (TPSA) is 37.0 Å². The van der Waals surface area contributed by atoms with E-state index < -0.39 is 0 Å². The van der Waals surface area contributed by atoms with Gasteiger partial charge in [0.1, 0.15) is 11.5 Å². The molecule has 0 radical (unpaired) electrons. The van der Waals surface area contributed by atoms with E-state index in [1.807, 2.05) is 12.1 Å². The Morgan fingerprint density at radius 1 is 0.897 bits per heavy atom. The van der Waals surface area contributed by atoms with Crippen LogP contribution in [0.4, 0.5) is 0 Å². The summed E-state index contributed by atoms with van der Waals surface area (Å²) in [7, 11) is 3.48. The zero-order chi connectivity index (χ0) is 27.2. The summed E-state index contributed by atoms with van der Waals surface area (Å²) in [5.74, 6) is 3.35. The van der Waals surface area contributed by atoms with Crippen LogP contribution >= 0.6 is 0 Å². The summed E-state index contributed by atoms with van der Waals surface area (Å²) in [5, 5.41) is 4.11. The summed E-state index contributed by atoms with van der Waals surface area (Å²) in [5.41, 5.74) is 3.93. The van der Waals surface area contributed by atoms with Crippen molar-refractivity contribution >= 4 is 0 Å². The summed E-state index contributed by atoms with van der Waals surface area (Å²) in [4.78, 5) is 5.41. The Morgan fingerprint density at radius 2 is 1.56 bits per heavy atom. The number of methoxy groups -OCH3 is 2. The van der Waals surface area contributed by atoms with E-state index in [9.17, 15) is 0 Å². The summed E-state index contributed by atoms with van der Waals surface area (Å²) in [6.07, 6.45) is 1.24. The Labute approximate surface area is 235 Å². The van der Waals surface area contributed by atoms with Gasteiger partial charge in [0.05, 0.1) is 14.2 Å². The predicted molar refractivity (Wildman–Crippen MR) is 160 cm³/mol. The van der Waals surface area contributed by atoms with Crippen molar-refractivity contribution in [2.75, 3.05) is 46.9 Å². The van der Waals surface area contributed by atoms with Crippen LogP contribution in [-0.4, -0.2) is 68.8 Å². The molecule has 3 aliphatic heterocycles. The molecule has 3 aromatic carbocycles. The van der Waals surface area contributed by atoms with Gasteiger partial charge in [-0.1, -0.05) is 74.5 Å². The van der Waals surface area contributed by atoms with Crippen LogP contribution in [0.15, 0.2) is 78.9 Å². The SMILES string of the molecule is CCN(CC)C[C@H]1CN2CC[C@@H]1[C@@H](NCc1cc(OC)ccc1OC)[C@@H]2C(c1ccccc1)c1ccccc1. The number of nitrogens with one attached hydrogen (secondary N) is 1. The maximum atomic E-state index is 5.75. The van der Waals surface area contributed by atoms with Crippen LogP contribution in [0, 0.1) is 11.8 Å². The first-order valence-electron chi connectivity index (χ1n) is 14.7. The Kier molecular flexibility index (Phi) is 9.23. The van der Waals surface area contributed by atoms with Crippen LogP contribution < -0.4 is 14.8 Å². The van der Waals surface area contributed by atoms with Gasteiger partial charge in [-0.25, -0.2) is 0 Å². The Morgan fingerprint density at radius 3 is 2.15 bits per heavy atom. The number of hydrogen-bond acceptors (Lipinski definition) is 5. The average Bonchev–Trinajstić information content (AvgIpc) is 3.00. The third-order valence-electron chi connectivity index (χ3n) is 9.14. The second-order valence-electron chi connectivity index (χ2n) is 11.1. The monoisotopic (exact) mass is 527 g/mol. The van der Waals surface area contributed by atoms with Crippen molar-refractivity contribution in [1.29, 1.82) is 0 Å². The molecule has 3 aromatic rings. The van der Waals surface area contributed by atoms with Gasteiger partial charge in [-0.3, -0.25) is 4.90 Å². The van der Waals surface area contributed by atoms with E-state index in [1.54, 1.807) is 14.2 Å². The largest absolute Gasteiger partial charge is 0.497 e. The summed E-state index contributed by atoms with van der Waals surface area (Å²) < 4.78 is 11.3. The average molecular weight is 528 g/mol. The molecule has 5 atom stereocenters. The smallest absolute Gasteiger partial charge is 0.123 e. The number of hydrogen-bond donors (Lipinski definition) is 1. The molecule has 1 N–H and O–H groups in total. The van der Waals surface area contributed by atoms with Crippen molar-refractivity contribution in [3.05, 3.63) is 95.6 Å². The number of rotatable bonds is 12. The molecule has 1 unspecified atom stereocenters. The van der Waals surface area contributed by atoms with E-state index in [2.05, 4.69) is 95.7 Å². The molecule has 0 aromatic heterocycles. The molecule has 6 rings (SSSR count). The van der Waals surface area contributed by atoms with Crippen molar-refractivity contribution in [3.63, 3.8) is 0 Å². The fraction of sp³-hybridized carbons (Fsp3) is 0.471. The van der Waals surface area contributed by atoms with Crippen LogP contribution in [0.3, 0.4) is 0 Å². The van der Waals surface area contributed by atoms with E-state index in [4.69, 9.17) is 9.47 Å². The molecule has 0 spiro atoms. The molecular formula is C34H45N3O2. The fourth-order valence-corrected chi connectivity index (χ4v) is 7.15. The maximum absolute atomic E-state index is 5.75. The molecule has 208 valence electrons. The van der Waals surface area contributed by atoms with Crippen molar-refractivity contribution in [2.24, 2.45) is 11.8 Å². The van der Waals surface area contributed by atoms with Gasteiger partial charge in [-0.2, -0.15) is 0 Å². The van der Waals surface area contributed by atoms with Crippen LogP contribution in [0.2, 0.25) is 0 Å². The molecular weight excluding hydrogens is 482 g/mol. The zero-order valence-electron chi connectivity index (χ0n) is 24.1. The number of ether oxygens (including phenoxy) is 2. The van der Waals surface area contributed by atoms with Gasteiger partial charge in [0.25, 0.3) is 0 Å². The van der Waals surface area contributed by atoms with Gasteiger partial charge < -0.3 is 19.7 Å². The highest BCUT2D eigenvalue weighted by Crippen LogP contribution is 2.44. The highest BCUT2D eigenvalue weighted by molar-refractivity contribution is 5.41. The van der Waals surface area contributed by atoms with Gasteiger partial charge >= 0.3 is 0 Å². The lowest BCUT2D eigenvalue weighted by atomic mass is 9.66. The molecule has 0 saturated carbocycles. The quantitative estimate of drug-likeness (QED) is 0.329. The van der Waals surface area contributed by atoms with Crippen molar-refractivity contribution in [2.45, 2.75) is 44.8 Å². The van der Waals surface area contributed by atoms with Gasteiger partial charge in [0, 0.05) is 43.2 Å². The minimum Gasteiger partial charge on any atom is -0.497 e. The molecule has 39 heavy (non-hydrogen) atoms. The van der Waals surface area contributed by atoms with E-state index in [1.165, 1.54) is 37.2 Å². The van der Waals surface area contributed by atoms with E-state index in [0.717, 1.165) is 36.7 Å². The fourth-order valence-electron chi connectivity index (χ4n) is 7.15. The van der Waals surface area contributed by atoms with Crippen molar-refractivity contribution in [3.8, 4) is 11.5 Å². The second-order valence-corrected chi connectivity index (χ2v) is 11.1.